The number of hydrogen-bond acceptors (Lipinski definition) is 3. The Labute approximate surface area is 106 Å². The Balaban J connectivity index is 1.80. The molecule has 6 heteroatoms. The van der Waals surface area contributed by atoms with E-state index in [-0.39, 0.29) is 19.1 Å². The van der Waals surface area contributed by atoms with Gasteiger partial charge in [-0.1, -0.05) is 0 Å². The van der Waals surface area contributed by atoms with Gasteiger partial charge in [0.25, 0.3) is 0 Å². The molecular weight excluding hydrogens is 236 g/mol. The molecule has 2 fully saturated rings. The molecule has 1 atom stereocenters. The fourth-order valence-corrected chi connectivity index (χ4v) is 2.27. The molecular formula is C12H20N2O4. The van der Waals surface area contributed by atoms with Crippen LogP contribution in [0.3, 0.4) is 0 Å². The molecule has 2 rings (SSSR count). The summed E-state index contributed by atoms with van der Waals surface area (Å²) in [6.45, 7) is -0.258. The highest BCUT2D eigenvalue weighted by Crippen LogP contribution is 2.44. The summed E-state index contributed by atoms with van der Waals surface area (Å²) < 4.78 is 0. The monoisotopic (exact) mass is 256 g/mol. The summed E-state index contributed by atoms with van der Waals surface area (Å²) in [6, 6.07) is -1.25. The number of carbonyl (C=O) groups is 2. The van der Waals surface area contributed by atoms with E-state index < -0.39 is 18.0 Å². The van der Waals surface area contributed by atoms with Gasteiger partial charge in [-0.3, -0.25) is 0 Å². The zero-order valence-corrected chi connectivity index (χ0v) is 10.3. The quantitative estimate of drug-likeness (QED) is 0.527. The van der Waals surface area contributed by atoms with Crippen molar-refractivity contribution in [1.29, 1.82) is 0 Å². The number of carboxylic acids is 1. The lowest BCUT2D eigenvalue weighted by molar-refractivity contribution is -0.139. The van der Waals surface area contributed by atoms with E-state index in [1.807, 2.05) is 0 Å². The van der Waals surface area contributed by atoms with Gasteiger partial charge < -0.3 is 20.8 Å². The molecule has 0 saturated heterocycles. The molecule has 0 aliphatic heterocycles. The predicted molar refractivity (Wildman–Crippen MR) is 64.0 cm³/mol. The van der Waals surface area contributed by atoms with Gasteiger partial charge in [-0.25, -0.2) is 9.59 Å². The number of nitrogens with one attached hydrogen (secondary N) is 2. The van der Waals surface area contributed by atoms with Crippen LogP contribution >= 0.6 is 0 Å². The van der Waals surface area contributed by atoms with Gasteiger partial charge in [0.05, 0.1) is 0 Å². The van der Waals surface area contributed by atoms with Crippen LogP contribution in [0.25, 0.3) is 0 Å². The van der Waals surface area contributed by atoms with E-state index in [4.69, 9.17) is 10.2 Å². The number of aliphatic carboxylic acids is 1. The van der Waals surface area contributed by atoms with Crippen LogP contribution in [0, 0.1) is 11.8 Å². The molecule has 0 heterocycles. The smallest absolute Gasteiger partial charge is 0.326 e. The highest BCUT2D eigenvalue weighted by Gasteiger charge is 2.42. The SMILES string of the molecule is O=C(NC(C1CC1)C1CC1)N[C@@H](CCO)C(=O)O. The van der Waals surface area contributed by atoms with Gasteiger partial charge in [-0.05, 0) is 37.5 Å². The molecule has 0 spiro atoms. The molecule has 18 heavy (non-hydrogen) atoms. The number of aliphatic hydroxyl groups excluding tert-OH is 1. The topological polar surface area (TPSA) is 98.7 Å². The molecule has 2 aliphatic rings. The maximum atomic E-state index is 11.7. The Morgan fingerprint density at radius 2 is 1.67 bits per heavy atom. The number of hydrogen-bond donors (Lipinski definition) is 4. The summed E-state index contributed by atoms with van der Waals surface area (Å²) in [5.41, 5.74) is 0. The van der Waals surface area contributed by atoms with E-state index in [0.717, 1.165) is 25.7 Å². The lowest BCUT2D eigenvalue weighted by Gasteiger charge is -2.20. The van der Waals surface area contributed by atoms with Crippen molar-refractivity contribution in [2.75, 3.05) is 6.61 Å². The van der Waals surface area contributed by atoms with Gasteiger partial charge in [-0.15, -0.1) is 0 Å². The minimum Gasteiger partial charge on any atom is -0.480 e. The van der Waals surface area contributed by atoms with Gasteiger partial charge >= 0.3 is 12.0 Å². The van der Waals surface area contributed by atoms with Gasteiger partial charge in [0.2, 0.25) is 0 Å². The highest BCUT2D eigenvalue weighted by atomic mass is 16.4. The molecule has 6 nitrogen and oxygen atoms in total. The average Bonchev–Trinajstić information content (AvgIpc) is 3.16. The van der Waals surface area contributed by atoms with Crippen molar-refractivity contribution in [2.24, 2.45) is 11.8 Å². The van der Waals surface area contributed by atoms with Crippen LogP contribution in [-0.4, -0.2) is 40.9 Å². The largest absolute Gasteiger partial charge is 0.480 e. The van der Waals surface area contributed by atoms with Crippen molar-refractivity contribution in [2.45, 2.75) is 44.2 Å². The first-order valence-electron chi connectivity index (χ1n) is 6.52. The number of carboxylic acid groups (broad SMARTS) is 1. The Morgan fingerprint density at radius 3 is 2.06 bits per heavy atom. The number of urea groups is 1. The second-order valence-electron chi connectivity index (χ2n) is 5.22. The molecule has 2 saturated carbocycles. The van der Waals surface area contributed by atoms with Crippen molar-refractivity contribution in [3.8, 4) is 0 Å². The summed E-state index contributed by atoms with van der Waals surface area (Å²) in [6.07, 6.45) is 4.64. The fraction of sp³-hybridized carbons (Fsp3) is 0.833. The summed E-state index contributed by atoms with van der Waals surface area (Å²) in [5.74, 6) is 0.0299. The Kier molecular flexibility index (Phi) is 4.06. The number of rotatable bonds is 7. The fourth-order valence-electron chi connectivity index (χ4n) is 2.27. The molecule has 2 amide bonds. The highest BCUT2D eigenvalue weighted by molar-refractivity contribution is 5.82. The molecule has 0 aromatic rings. The van der Waals surface area contributed by atoms with E-state index in [0.29, 0.717) is 11.8 Å². The second kappa shape index (κ2) is 5.56. The zero-order valence-electron chi connectivity index (χ0n) is 10.3. The molecule has 102 valence electrons. The van der Waals surface area contributed by atoms with Crippen LogP contribution in [0.2, 0.25) is 0 Å². The summed E-state index contributed by atoms with van der Waals surface area (Å²) in [4.78, 5) is 22.6. The van der Waals surface area contributed by atoms with Gasteiger partial charge in [0, 0.05) is 19.1 Å². The Morgan fingerprint density at radius 1 is 1.11 bits per heavy atom. The maximum absolute atomic E-state index is 11.7. The van der Waals surface area contributed by atoms with Crippen LogP contribution in [0.1, 0.15) is 32.1 Å². The first kappa shape index (κ1) is 13.1. The van der Waals surface area contributed by atoms with Crippen LogP contribution < -0.4 is 10.6 Å². The van der Waals surface area contributed by atoms with Crippen molar-refractivity contribution in [3.63, 3.8) is 0 Å². The third-order valence-electron chi connectivity index (χ3n) is 3.58. The van der Waals surface area contributed by atoms with E-state index >= 15 is 0 Å². The Bertz CT molecular complexity index is 314. The minimum atomic E-state index is -1.12. The van der Waals surface area contributed by atoms with Crippen molar-refractivity contribution in [3.05, 3.63) is 0 Å². The molecule has 2 aliphatic carbocycles. The molecule has 0 radical (unpaired) electrons. The lowest BCUT2D eigenvalue weighted by atomic mass is 10.1. The van der Waals surface area contributed by atoms with E-state index in [9.17, 15) is 9.59 Å². The van der Waals surface area contributed by atoms with Crippen LogP contribution in [0.4, 0.5) is 4.79 Å². The number of amides is 2. The van der Waals surface area contributed by atoms with E-state index in [1.165, 1.54) is 0 Å². The third kappa shape index (κ3) is 3.60. The summed E-state index contributed by atoms with van der Waals surface area (Å²) >= 11 is 0. The van der Waals surface area contributed by atoms with Crippen molar-refractivity contribution < 1.29 is 19.8 Å². The first-order chi connectivity index (χ1) is 8.61. The maximum Gasteiger partial charge on any atom is 0.326 e. The minimum absolute atomic E-state index is 0.0281. The van der Waals surface area contributed by atoms with E-state index in [2.05, 4.69) is 10.6 Å². The lowest BCUT2D eigenvalue weighted by Crippen LogP contribution is -2.50. The standard InChI is InChI=1S/C12H20N2O4/c15-6-5-9(11(16)17)13-12(18)14-10(7-1-2-7)8-3-4-8/h7-10,15H,1-6H2,(H,16,17)(H2,13,14,18)/t9-/m0/s1. The zero-order chi connectivity index (χ0) is 13.1. The van der Waals surface area contributed by atoms with Crippen LogP contribution in [0.15, 0.2) is 0 Å². The number of aliphatic hydroxyl groups is 1. The predicted octanol–water partition coefficient (Wildman–Crippen LogP) is 0.310. The molecule has 0 aromatic heterocycles. The summed E-state index contributed by atoms with van der Waals surface area (Å²) in [7, 11) is 0. The average molecular weight is 256 g/mol. The molecule has 0 unspecified atom stereocenters. The molecule has 0 aromatic carbocycles. The second-order valence-corrected chi connectivity index (χ2v) is 5.22. The molecule has 4 N–H and O–H groups in total. The van der Waals surface area contributed by atoms with Gasteiger partial charge in [-0.2, -0.15) is 0 Å². The Hall–Kier alpha value is -1.30. The van der Waals surface area contributed by atoms with Crippen molar-refractivity contribution >= 4 is 12.0 Å². The third-order valence-corrected chi connectivity index (χ3v) is 3.58. The van der Waals surface area contributed by atoms with Gasteiger partial charge in [0.1, 0.15) is 6.04 Å². The van der Waals surface area contributed by atoms with Crippen LogP contribution in [-0.2, 0) is 4.79 Å². The summed E-state index contributed by atoms with van der Waals surface area (Å²) in [5, 5.41) is 22.9. The number of carbonyl (C=O) groups excluding carboxylic acids is 1. The van der Waals surface area contributed by atoms with E-state index in [1.54, 1.807) is 0 Å². The molecule has 0 bridgehead atoms. The first-order valence-corrected chi connectivity index (χ1v) is 6.52. The van der Waals surface area contributed by atoms with Gasteiger partial charge in [0.15, 0.2) is 0 Å². The van der Waals surface area contributed by atoms with Crippen LogP contribution in [0.5, 0.6) is 0 Å². The normalized spacial score (nSPS) is 20.6. The van der Waals surface area contributed by atoms with Crippen molar-refractivity contribution in [1.82, 2.24) is 10.6 Å².